The molecule has 2 aromatic carbocycles. The number of hydrogen-bond acceptors (Lipinski definition) is 4. The Labute approximate surface area is 178 Å². The number of fused-ring (bicyclic) bond motifs is 1. The Bertz CT molecular complexity index is 950. The van der Waals surface area contributed by atoms with E-state index in [0.29, 0.717) is 12.5 Å². The second kappa shape index (κ2) is 9.61. The molecule has 6 heteroatoms. The van der Waals surface area contributed by atoms with Crippen LogP contribution in [-0.4, -0.2) is 40.6 Å². The zero-order valence-corrected chi connectivity index (χ0v) is 17.8. The monoisotopic (exact) mass is 416 g/mol. The molecule has 0 amide bonds. The van der Waals surface area contributed by atoms with E-state index in [4.69, 9.17) is 14.5 Å². The minimum atomic E-state index is -0.613. The van der Waals surface area contributed by atoms with Crippen LogP contribution in [0.4, 0.5) is 0 Å². The highest BCUT2D eigenvalue weighted by molar-refractivity contribution is 5.85. The summed E-state index contributed by atoms with van der Waals surface area (Å²) >= 11 is 0. The summed E-state index contributed by atoms with van der Waals surface area (Å²) in [6, 6.07) is 14.1. The number of aliphatic hydroxyl groups is 1. The second-order valence-electron chi connectivity index (χ2n) is 7.67. The zero-order chi connectivity index (χ0) is 19.5. The Morgan fingerprint density at radius 3 is 2.66 bits per heavy atom. The third kappa shape index (κ3) is 4.92. The molecule has 1 N–H and O–H groups in total. The maximum Gasteiger partial charge on any atom is 0.119 e. The molecule has 1 fully saturated rings. The molecule has 1 saturated heterocycles. The van der Waals surface area contributed by atoms with Crippen molar-refractivity contribution in [3.8, 4) is 5.75 Å². The van der Waals surface area contributed by atoms with Gasteiger partial charge in [-0.2, -0.15) is 0 Å². The van der Waals surface area contributed by atoms with Crippen molar-refractivity contribution in [2.45, 2.75) is 45.3 Å². The highest BCUT2D eigenvalue weighted by atomic mass is 35.5. The van der Waals surface area contributed by atoms with Crippen LogP contribution in [0.25, 0.3) is 11.0 Å². The number of para-hydroxylation sites is 2. The van der Waals surface area contributed by atoms with E-state index in [9.17, 15) is 5.11 Å². The summed E-state index contributed by atoms with van der Waals surface area (Å²) in [5.41, 5.74) is 4.47. The lowest BCUT2D eigenvalue weighted by atomic mass is 9.99. The first kappa shape index (κ1) is 21.6. The molecule has 5 nitrogen and oxygen atoms in total. The number of aryl methyl sites for hydroxylation is 2. The van der Waals surface area contributed by atoms with Gasteiger partial charge in [0, 0.05) is 19.1 Å². The number of benzene rings is 2. The van der Waals surface area contributed by atoms with Crippen LogP contribution in [0.1, 0.15) is 35.7 Å². The number of imidazole rings is 1. The van der Waals surface area contributed by atoms with Gasteiger partial charge in [-0.1, -0.05) is 18.2 Å². The molecule has 0 aliphatic carbocycles. The number of ether oxygens (including phenoxy) is 2. The van der Waals surface area contributed by atoms with Crippen molar-refractivity contribution in [1.29, 1.82) is 0 Å². The van der Waals surface area contributed by atoms with Crippen LogP contribution in [0.3, 0.4) is 0 Å². The van der Waals surface area contributed by atoms with Crippen LogP contribution in [0.5, 0.6) is 5.75 Å². The van der Waals surface area contributed by atoms with E-state index < -0.39 is 6.10 Å². The second-order valence-corrected chi connectivity index (χ2v) is 7.67. The van der Waals surface area contributed by atoms with Crippen molar-refractivity contribution in [3.05, 3.63) is 59.4 Å². The van der Waals surface area contributed by atoms with Crippen LogP contribution >= 0.6 is 12.4 Å². The van der Waals surface area contributed by atoms with Gasteiger partial charge in [-0.15, -0.1) is 12.4 Å². The van der Waals surface area contributed by atoms with Crippen LogP contribution in [0.15, 0.2) is 42.5 Å². The average molecular weight is 417 g/mol. The third-order valence-corrected chi connectivity index (χ3v) is 5.58. The number of aromatic nitrogens is 2. The van der Waals surface area contributed by atoms with Crippen LogP contribution < -0.4 is 4.74 Å². The molecular weight excluding hydrogens is 388 g/mol. The van der Waals surface area contributed by atoms with E-state index in [1.165, 1.54) is 11.1 Å². The first-order valence-electron chi connectivity index (χ1n) is 10.0. The molecule has 0 spiro atoms. The number of halogens is 1. The average Bonchev–Trinajstić information content (AvgIpc) is 3.08. The number of rotatable bonds is 6. The summed E-state index contributed by atoms with van der Waals surface area (Å²) in [6.07, 6.45) is 1.33. The lowest BCUT2D eigenvalue weighted by Gasteiger charge is -2.23. The molecule has 1 aliphatic rings. The van der Waals surface area contributed by atoms with Crippen molar-refractivity contribution in [1.82, 2.24) is 9.55 Å². The Kier molecular flexibility index (Phi) is 7.17. The maximum atomic E-state index is 10.7. The van der Waals surface area contributed by atoms with Gasteiger partial charge in [-0.05, 0) is 62.1 Å². The Hall–Kier alpha value is -2.08. The van der Waals surface area contributed by atoms with E-state index in [1.807, 2.05) is 36.4 Å². The smallest absolute Gasteiger partial charge is 0.119 e. The Balaban J connectivity index is 0.00000240. The van der Waals surface area contributed by atoms with Crippen molar-refractivity contribution in [3.63, 3.8) is 0 Å². The SMILES string of the molecule is Cc1ccc(OCC(O)Cn2c(C3CCOCC3)nc3ccccc32)cc1C.Cl. The van der Waals surface area contributed by atoms with Crippen LogP contribution in [0, 0.1) is 13.8 Å². The molecule has 1 aliphatic heterocycles. The topological polar surface area (TPSA) is 56.5 Å². The van der Waals surface area contributed by atoms with E-state index in [0.717, 1.165) is 48.7 Å². The Morgan fingerprint density at radius 2 is 1.90 bits per heavy atom. The summed E-state index contributed by atoms with van der Waals surface area (Å²) in [5.74, 6) is 2.21. The molecule has 29 heavy (non-hydrogen) atoms. The van der Waals surface area contributed by atoms with Gasteiger partial charge in [0.05, 0.1) is 17.6 Å². The Morgan fingerprint density at radius 1 is 1.14 bits per heavy atom. The van der Waals surface area contributed by atoms with Gasteiger partial charge >= 0.3 is 0 Å². The molecule has 1 atom stereocenters. The number of nitrogens with zero attached hydrogens (tertiary/aromatic N) is 2. The minimum Gasteiger partial charge on any atom is -0.491 e. The molecule has 0 radical (unpaired) electrons. The highest BCUT2D eigenvalue weighted by Crippen LogP contribution is 2.29. The molecule has 0 saturated carbocycles. The van der Waals surface area contributed by atoms with Gasteiger partial charge in [0.2, 0.25) is 0 Å². The lowest BCUT2D eigenvalue weighted by Crippen LogP contribution is -2.26. The lowest BCUT2D eigenvalue weighted by molar-refractivity contribution is 0.0780. The molecule has 4 rings (SSSR count). The molecule has 0 bridgehead atoms. The number of aliphatic hydroxyl groups excluding tert-OH is 1. The summed E-state index contributed by atoms with van der Waals surface area (Å²) in [5, 5.41) is 10.7. The zero-order valence-electron chi connectivity index (χ0n) is 17.0. The quantitative estimate of drug-likeness (QED) is 0.646. The van der Waals surface area contributed by atoms with E-state index in [-0.39, 0.29) is 19.0 Å². The molecule has 1 aromatic heterocycles. The molecular formula is C23H29ClN2O3. The first-order valence-corrected chi connectivity index (χ1v) is 10.0. The van der Waals surface area contributed by atoms with Crippen LogP contribution in [0.2, 0.25) is 0 Å². The van der Waals surface area contributed by atoms with Gasteiger partial charge in [-0.25, -0.2) is 4.98 Å². The highest BCUT2D eigenvalue weighted by Gasteiger charge is 2.24. The van der Waals surface area contributed by atoms with Gasteiger partial charge in [0.1, 0.15) is 24.3 Å². The van der Waals surface area contributed by atoms with Gasteiger partial charge < -0.3 is 19.1 Å². The van der Waals surface area contributed by atoms with E-state index in [2.05, 4.69) is 24.5 Å². The maximum absolute atomic E-state index is 10.7. The summed E-state index contributed by atoms with van der Waals surface area (Å²) in [7, 11) is 0. The fourth-order valence-corrected chi connectivity index (χ4v) is 3.81. The predicted molar refractivity (Wildman–Crippen MR) is 117 cm³/mol. The summed E-state index contributed by atoms with van der Waals surface area (Å²) in [4.78, 5) is 4.88. The van der Waals surface area contributed by atoms with Crippen molar-refractivity contribution in [2.75, 3.05) is 19.8 Å². The predicted octanol–water partition coefficient (Wildman–Crippen LogP) is 4.41. The van der Waals surface area contributed by atoms with Gasteiger partial charge in [0.25, 0.3) is 0 Å². The fourth-order valence-electron chi connectivity index (χ4n) is 3.81. The summed E-state index contributed by atoms with van der Waals surface area (Å²) in [6.45, 7) is 6.41. The van der Waals surface area contributed by atoms with E-state index in [1.54, 1.807) is 0 Å². The van der Waals surface area contributed by atoms with Crippen molar-refractivity contribution in [2.24, 2.45) is 0 Å². The molecule has 1 unspecified atom stereocenters. The van der Waals surface area contributed by atoms with Crippen LogP contribution in [-0.2, 0) is 11.3 Å². The van der Waals surface area contributed by atoms with Gasteiger partial charge in [0.15, 0.2) is 0 Å². The fraction of sp³-hybridized carbons (Fsp3) is 0.435. The normalized spacial score (nSPS) is 15.8. The third-order valence-electron chi connectivity index (χ3n) is 5.58. The van der Waals surface area contributed by atoms with Gasteiger partial charge in [-0.3, -0.25) is 0 Å². The summed E-state index contributed by atoms with van der Waals surface area (Å²) < 4.78 is 13.5. The standard InChI is InChI=1S/C23H28N2O3.ClH/c1-16-7-8-20(13-17(16)2)28-15-19(26)14-25-22-6-4-3-5-21(22)24-23(25)18-9-11-27-12-10-18;/h3-8,13,18-19,26H,9-12,14-15H2,1-2H3;1H. The largest absolute Gasteiger partial charge is 0.491 e. The van der Waals surface area contributed by atoms with E-state index >= 15 is 0 Å². The molecule has 3 aromatic rings. The number of hydrogen-bond donors (Lipinski definition) is 1. The molecule has 2 heterocycles. The molecule has 156 valence electrons. The van der Waals surface area contributed by atoms with Crippen molar-refractivity contribution < 1.29 is 14.6 Å². The minimum absolute atomic E-state index is 0. The van der Waals surface area contributed by atoms with Crippen molar-refractivity contribution >= 4 is 23.4 Å². The first-order chi connectivity index (χ1) is 13.6.